The van der Waals surface area contributed by atoms with E-state index < -0.39 is 0 Å². The molecule has 17 heavy (non-hydrogen) atoms. The van der Waals surface area contributed by atoms with Gasteiger partial charge in [-0.2, -0.15) is 0 Å². The first-order chi connectivity index (χ1) is 8.38. The van der Waals surface area contributed by atoms with Crippen molar-refractivity contribution in [1.82, 2.24) is 16.0 Å². The molecule has 3 aliphatic rings. The van der Waals surface area contributed by atoms with Gasteiger partial charge in [-0.25, -0.2) is 0 Å². The summed E-state index contributed by atoms with van der Waals surface area (Å²) in [6.07, 6.45) is 5.17. The van der Waals surface area contributed by atoms with E-state index in [-0.39, 0.29) is 0 Å². The third kappa shape index (κ3) is 2.27. The van der Waals surface area contributed by atoms with Gasteiger partial charge in [-0.3, -0.25) is 10.6 Å². The molecule has 4 unspecified atom stereocenters. The van der Waals surface area contributed by atoms with Crippen molar-refractivity contribution in [3.63, 3.8) is 0 Å². The lowest BCUT2D eigenvalue weighted by Gasteiger charge is -2.34. The maximum atomic E-state index is 9.30. The van der Waals surface area contributed by atoms with E-state index in [1.54, 1.807) is 5.57 Å². The molecule has 4 nitrogen and oxygen atoms in total. The Morgan fingerprint density at radius 3 is 3.06 bits per heavy atom. The molecule has 2 saturated heterocycles. The first-order valence-corrected chi connectivity index (χ1v) is 6.86. The van der Waals surface area contributed by atoms with Crippen LogP contribution in [0.25, 0.3) is 0 Å². The van der Waals surface area contributed by atoms with Crippen molar-refractivity contribution < 1.29 is 5.11 Å². The molecule has 0 radical (unpaired) electrons. The van der Waals surface area contributed by atoms with Crippen molar-refractivity contribution in [2.45, 2.75) is 19.0 Å². The van der Waals surface area contributed by atoms with Gasteiger partial charge in [-0.15, -0.1) is 0 Å². The van der Waals surface area contributed by atoms with Crippen LogP contribution in [0.15, 0.2) is 11.6 Å². The van der Waals surface area contributed by atoms with Crippen LogP contribution in [0.4, 0.5) is 0 Å². The zero-order valence-corrected chi connectivity index (χ0v) is 10.3. The summed E-state index contributed by atoms with van der Waals surface area (Å²) in [6.45, 7) is 4.59. The average Bonchev–Trinajstić information content (AvgIpc) is 2.82. The van der Waals surface area contributed by atoms with Gasteiger partial charge >= 0.3 is 0 Å². The van der Waals surface area contributed by atoms with Crippen molar-refractivity contribution in [3.8, 4) is 0 Å². The second-order valence-corrected chi connectivity index (χ2v) is 5.60. The Bertz CT molecular complexity index is 305. The first kappa shape index (κ1) is 11.7. The van der Waals surface area contributed by atoms with Gasteiger partial charge < -0.3 is 10.4 Å². The highest BCUT2D eigenvalue weighted by Gasteiger charge is 2.37. The third-order valence-corrected chi connectivity index (χ3v) is 4.48. The Kier molecular flexibility index (Phi) is 3.47. The van der Waals surface area contributed by atoms with E-state index in [1.165, 1.54) is 6.42 Å². The second-order valence-electron chi connectivity index (χ2n) is 5.60. The lowest BCUT2D eigenvalue weighted by atomic mass is 9.78. The molecule has 3 aliphatic heterocycles. The summed E-state index contributed by atoms with van der Waals surface area (Å²) < 4.78 is 0. The summed E-state index contributed by atoms with van der Waals surface area (Å²) >= 11 is 0. The summed E-state index contributed by atoms with van der Waals surface area (Å²) in [4.78, 5) is 0. The lowest BCUT2D eigenvalue weighted by molar-refractivity contribution is 0.156. The van der Waals surface area contributed by atoms with Crippen molar-refractivity contribution in [3.05, 3.63) is 11.6 Å². The molecule has 0 spiro atoms. The van der Waals surface area contributed by atoms with Crippen molar-refractivity contribution in [1.29, 1.82) is 0 Å². The van der Waals surface area contributed by atoms with Gasteiger partial charge in [0.2, 0.25) is 0 Å². The molecule has 4 heteroatoms. The summed E-state index contributed by atoms with van der Waals surface area (Å²) in [5.41, 5.74) is 1.57. The number of hydrogen-bond acceptors (Lipinski definition) is 4. The minimum atomic E-state index is 0.324. The number of hydrogen-bond donors (Lipinski definition) is 4. The summed E-state index contributed by atoms with van der Waals surface area (Å²) in [5, 5.41) is 19.9. The molecular weight excluding hydrogens is 214 g/mol. The monoisotopic (exact) mass is 237 g/mol. The van der Waals surface area contributed by atoms with Gasteiger partial charge in [-0.1, -0.05) is 6.08 Å². The quantitative estimate of drug-likeness (QED) is 0.497. The third-order valence-electron chi connectivity index (χ3n) is 4.48. The number of piperidine rings is 1. The predicted molar refractivity (Wildman–Crippen MR) is 67.5 cm³/mol. The van der Waals surface area contributed by atoms with E-state index in [1.807, 2.05) is 0 Å². The maximum Gasteiger partial charge on any atom is 0.0797 e. The zero-order valence-electron chi connectivity index (χ0n) is 10.3. The van der Waals surface area contributed by atoms with Crippen LogP contribution in [0.5, 0.6) is 0 Å². The van der Waals surface area contributed by atoms with Crippen LogP contribution in [0, 0.1) is 17.8 Å². The molecule has 2 fully saturated rings. The molecule has 4 atom stereocenters. The Balaban J connectivity index is 1.69. The topological polar surface area (TPSA) is 56.3 Å². The van der Waals surface area contributed by atoms with Crippen LogP contribution in [0.2, 0.25) is 0 Å². The van der Waals surface area contributed by atoms with Gasteiger partial charge in [0.1, 0.15) is 0 Å². The van der Waals surface area contributed by atoms with Crippen molar-refractivity contribution in [2.75, 3.05) is 32.8 Å². The van der Waals surface area contributed by atoms with Crippen molar-refractivity contribution >= 4 is 0 Å². The molecule has 0 aliphatic carbocycles. The summed E-state index contributed by atoms with van der Waals surface area (Å²) in [6, 6.07) is 0. The van der Waals surface area contributed by atoms with Gasteiger partial charge in [0.05, 0.1) is 6.17 Å². The van der Waals surface area contributed by atoms with E-state index in [4.69, 9.17) is 0 Å². The van der Waals surface area contributed by atoms with Crippen LogP contribution >= 0.6 is 0 Å². The van der Waals surface area contributed by atoms with Gasteiger partial charge in [-0.05, 0) is 42.7 Å². The largest absolute Gasteiger partial charge is 0.396 e. The molecule has 4 N–H and O–H groups in total. The zero-order chi connectivity index (χ0) is 11.7. The number of aliphatic hydroxyl groups excluding tert-OH is 1. The van der Waals surface area contributed by atoms with Crippen molar-refractivity contribution in [2.24, 2.45) is 17.8 Å². The minimum Gasteiger partial charge on any atom is -0.396 e. The minimum absolute atomic E-state index is 0.324. The normalized spacial score (nSPS) is 42.1. The Hall–Kier alpha value is -0.420. The van der Waals surface area contributed by atoms with Crippen LogP contribution in [-0.2, 0) is 0 Å². The van der Waals surface area contributed by atoms with E-state index in [0.717, 1.165) is 32.6 Å². The molecule has 0 aromatic heterocycles. The van der Waals surface area contributed by atoms with Gasteiger partial charge in [0, 0.05) is 26.2 Å². The molecule has 0 bridgehead atoms. The fourth-order valence-corrected chi connectivity index (χ4v) is 3.57. The summed E-state index contributed by atoms with van der Waals surface area (Å²) in [5.74, 6) is 1.80. The lowest BCUT2D eigenvalue weighted by Crippen LogP contribution is -2.42. The van der Waals surface area contributed by atoms with E-state index >= 15 is 0 Å². The highest BCUT2D eigenvalue weighted by molar-refractivity contribution is 5.23. The molecule has 96 valence electrons. The Labute approximate surface area is 103 Å². The molecule has 0 aromatic rings. The fourth-order valence-electron chi connectivity index (χ4n) is 3.57. The fraction of sp³-hybridized carbons (Fsp3) is 0.846. The van der Waals surface area contributed by atoms with Crippen LogP contribution in [0.1, 0.15) is 12.8 Å². The maximum absolute atomic E-state index is 9.30. The molecule has 0 amide bonds. The van der Waals surface area contributed by atoms with E-state index in [9.17, 15) is 5.11 Å². The number of aliphatic hydroxyl groups is 1. The molecule has 0 aromatic carbocycles. The summed E-state index contributed by atoms with van der Waals surface area (Å²) in [7, 11) is 0. The number of rotatable bonds is 2. The smallest absolute Gasteiger partial charge is 0.0797 e. The molecule has 0 saturated carbocycles. The number of fused-ring (bicyclic) bond motifs is 1. The van der Waals surface area contributed by atoms with E-state index in [0.29, 0.717) is 30.5 Å². The Morgan fingerprint density at radius 1 is 1.24 bits per heavy atom. The highest BCUT2D eigenvalue weighted by Crippen LogP contribution is 2.34. The molecule has 3 heterocycles. The van der Waals surface area contributed by atoms with Gasteiger partial charge in [0.25, 0.3) is 0 Å². The molecular formula is C13H23N3O. The van der Waals surface area contributed by atoms with E-state index in [2.05, 4.69) is 22.0 Å². The van der Waals surface area contributed by atoms with Gasteiger partial charge in [0.15, 0.2) is 0 Å². The second kappa shape index (κ2) is 5.06. The average molecular weight is 237 g/mol. The SMILES string of the molecule is OCC1CNCC(C2CNC3NCCC=C32)C1. The standard InChI is InChI=1S/C13H23N3O/c17-8-9-4-10(6-14-5-9)12-7-16-13-11(12)2-1-3-15-13/h2,9-10,12-17H,1,3-8H2. The predicted octanol–water partition coefficient (Wildman–Crippen LogP) is -0.330. The number of nitrogens with one attached hydrogen (secondary N) is 3. The van der Waals surface area contributed by atoms with Crippen LogP contribution < -0.4 is 16.0 Å². The first-order valence-electron chi connectivity index (χ1n) is 6.86. The van der Waals surface area contributed by atoms with Crippen LogP contribution in [-0.4, -0.2) is 44.1 Å². The Morgan fingerprint density at radius 2 is 2.18 bits per heavy atom. The molecule has 3 rings (SSSR count). The highest BCUT2D eigenvalue weighted by atomic mass is 16.3. The van der Waals surface area contributed by atoms with Crippen LogP contribution in [0.3, 0.4) is 0 Å².